The molecular formula is C36H75N3. The number of nitrogens with zero attached hydrogens (tertiary/aromatic N) is 1. The molecule has 2 N–H and O–H groups in total. The number of rotatable bonds is 27. The van der Waals surface area contributed by atoms with Crippen LogP contribution in [0.2, 0.25) is 0 Å². The van der Waals surface area contributed by atoms with E-state index in [1.807, 2.05) is 0 Å². The van der Waals surface area contributed by atoms with Crippen molar-refractivity contribution in [3.8, 4) is 0 Å². The van der Waals surface area contributed by atoms with Crippen LogP contribution in [0.3, 0.4) is 0 Å². The molecule has 1 rings (SSSR count). The Kier molecular flexibility index (Phi) is 23.2. The molecule has 1 atom stereocenters. The van der Waals surface area contributed by atoms with Gasteiger partial charge < -0.3 is 0 Å². The van der Waals surface area contributed by atoms with Crippen molar-refractivity contribution in [2.75, 3.05) is 26.6 Å². The normalized spacial score (nSPS) is 16.5. The first-order valence-corrected chi connectivity index (χ1v) is 18.0. The van der Waals surface area contributed by atoms with Crippen LogP contribution in [0.25, 0.3) is 0 Å². The van der Waals surface area contributed by atoms with Gasteiger partial charge in [0.2, 0.25) is 0 Å². The molecule has 0 spiro atoms. The summed E-state index contributed by atoms with van der Waals surface area (Å²) >= 11 is 0. The molecule has 0 aliphatic carbocycles. The Labute approximate surface area is 247 Å². The third kappa shape index (κ3) is 22.2. The lowest BCUT2D eigenvalue weighted by atomic mass is 9.70. The summed E-state index contributed by atoms with van der Waals surface area (Å²) in [4.78, 5) is 2.51. The highest BCUT2D eigenvalue weighted by molar-refractivity contribution is 4.81. The van der Waals surface area contributed by atoms with Crippen LogP contribution in [0.5, 0.6) is 0 Å². The van der Waals surface area contributed by atoms with E-state index < -0.39 is 0 Å². The molecule has 0 radical (unpaired) electrons. The van der Waals surface area contributed by atoms with E-state index >= 15 is 0 Å². The first-order valence-electron chi connectivity index (χ1n) is 18.0. The molecule has 0 saturated carbocycles. The molecule has 234 valence electrons. The largest absolute Gasteiger partial charge is 0.292 e. The highest BCUT2D eigenvalue weighted by Crippen LogP contribution is 2.42. The molecular weight excluding hydrogens is 474 g/mol. The van der Waals surface area contributed by atoms with Gasteiger partial charge in [0.25, 0.3) is 0 Å². The van der Waals surface area contributed by atoms with Crippen LogP contribution in [-0.2, 0) is 0 Å². The molecule has 3 nitrogen and oxygen atoms in total. The van der Waals surface area contributed by atoms with Gasteiger partial charge in [0, 0.05) is 13.2 Å². The standard InChI is InChI=1S/C36H75N3/c1-6-8-10-12-14-17-21-28-36(27-20-16-13-11-9-7-2,30-24-23-26-35(3,4)5)29-22-18-15-19-25-31-39-33-37-32-38-34-39/h37-38H,6-34H2,1-5H3. The highest BCUT2D eigenvalue weighted by Gasteiger charge is 2.28. The minimum Gasteiger partial charge on any atom is -0.292 e. The zero-order chi connectivity index (χ0) is 28.5. The van der Waals surface area contributed by atoms with Crippen molar-refractivity contribution in [1.82, 2.24) is 15.5 Å². The van der Waals surface area contributed by atoms with Gasteiger partial charge in [-0.15, -0.1) is 0 Å². The lowest BCUT2D eigenvalue weighted by molar-refractivity contribution is 0.168. The molecule has 0 aromatic carbocycles. The molecule has 3 heteroatoms. The van der Waals surface area contributed by atoms with Crippen LogP contribution >= 0.6 is 0 Å². The average Bonchev–Trinajstić information content (AvgIpc) is 2.92. The van der Waals surface area contributed by atoms with Gasteiger partial charge in [-0.1, -0.05) is 157 Å². The Hall–Kier alpha value is -0.120. The zero-order valence-corrected chi connectivity index (χ0v) is 28.0. The summed E-state index contributed by atoms with van der Waals surface area (Å²) in [6.07, 6.45) is 36.3. The molecule has 1 saturated heterocycles. The van der Waals surface area contributed by atoms with Gasteiger partial charge >= 0.3 is 0 Å². The Morgan fingerprint density at radius 2 is 0.821 bits per heavy atom. The fraction of sp³-hybridized carbons (Fsp3) is 1.00. The van der Waals surface area contributed by atoms with Crippen LogP contribution in [0.15, 0.2) is 0 Å². The monoisotopic (exact) mass is 550 g/mol. The van der Waals surface area contributed by atoms with E-state index in [9.17, 15) is 0 Å². The molecule has 39 heavy (non-hydrogen) atoms. The van der Waals surface area contributed by atoms with Gasteiger partial charge in [0.1, 0.15) is 0 Å². The average molecular weight is 550 g/mol. The highest BCUT2D eigenvalue weighted by atomic mass is 15.4. The second-order valence-corrected chi connectivity index (χ2v) is 14.6. The Morgan fingerprint density at radius 3 is 1.26 bits per heavy atom. The van der Waals surface area contributed by atoms with E-state index in [1.54, 1.807) is 0 Å². The quantitative estimate of drug-likeness (QED) is 0.0997. The predicted octanol–water partition coefficient (Wildman–Crippen LogP) is 11.2. The van der Waals surface area contributed by atoms with Crippen molar-refractivity contribution < 1.29 is 0 Å². The lowest BCUT2D eigenvalue weighted by Gasteiger charge is -2.35. The number of unbranched alkanes of at least 4 members (excludes halogenated alkanes) is 16. The topological polar surface area (TPSA) is 27.3 Å². The molecule has 1 unspecified atom stereocenters. The van der Waals surface area contributed by atoms with E-state index in [-0.39, 0.29) is 0 Å². The molecule has 1 aliphatic rings. The smallest absolute Gasteiger partial charge is 0.0502 e. The van der Waals surface area contributed by atoms with E-state index in [2.05, 4.69) is 50.2 Å². The second kappa shape index (κ2) is 24.5. The summed E-state index contributed by atoms with van der Waals surface area (Å²) in [5, 5.41) is 6.84. The van der Waals surface area contributed by atoms with Crippen LogP contribution < -0.4 is 10.6 Å². The molecule has 0 aromatic rings. The van der Waals surface area contributed by atoms with Crippen molar-refractivity contribution in [1.29, 1.82) is 0 Å². The van der Waals surface area contributed by atoms with E-state index in [0.29, 0.717) is 10.8 Å². The Bertz CT molecular complexity index is 508. The van der Waals surface area contributed by atoms with E-state index in [1.165, 1.54) is 167 Å². The molecule has 1 aliphatic heterocycles. The maximum absolute atomic E-state index is 3.42. The number of hydrogen-bond acceptors (Lipinski definition) is 3. The maximum Gasteiger partial charge on any atom is 0.0502 e. The van der Waals surface area contributed by atoms with Crippen molar-refractivity contribution in [3.05, 3.63) is 0 Å². The Balaban J connectivity index is 2.55. The molecule has 1 heterocycles. The SMILES string of the molecule is CCCCCCCCCC(CCCCCCCC)(CCCCCCCN1CNCNC1)CCCCC(C)(C)C. The first kappa shape index (κ1) is 36.9. The van der Waals surface area contributed by atoms with Gasteiger partial charge in [-0.2, -0.15) is 0 Å². The lowest BCUT2D eigenvalue weighted by Crippen LogP contribution is -2.50. The second-order valence-electron chi connectivity index (χ2n) is 14.6. The Morgan fingerprint density at radius 1 is 0.462 bits per heavy atom. The minimum atomic E-state index is 0.487. The van der Waals surface area contributed by atoms with Gasteiger partial charge in [0.05, 0.1) is 13.3 Å². The van der Waals surface area contributed by atoms with Gasteiger partial charge in [-0.25, -0.2) is 0 Å². The van der Waals surface area contributed by atoms with Crippen LogP contribution in [0.1, 0.15) is 195 Å². The number of hydrogen-bond donors (Lipinski definition) is 2. The van der Waals surface area contributed by atoms with Crippen molar-refractivity contribution in [2.45, 2.75) is 195 Å². The van der Waals surface area contributed by atoms with Gasteiger partial charge in [-0.3, -0.25) is 15.5 Å². The predicted molar refractivity (Wildman–Crippen MR) is 176 cm³/mol. The summed E-state index contributed by atoms with van der Waals surface area (Å²) in [5.41, 5.74) is 1.12. The van der Waals surface area contributed by atoms with Crippen LogP contribution in [0.4, 0.5) is 0 Å². The molecule has 0 aromatic heterocycles. The maximum atomic E-state index is 3.42. The third-order valence-electron chi connectivity index (χ3n) is 9.36. The summed E-state index contributed by atoms with van der Waals surface area (Å²) in [7, 11) is 0. The molecule has 0 amide bonds. The van der Waals surface area contributed by atoms with Crippen LogP contribution in [0, 0.1) is 10.8 Å². The first-order chi connectivity index (χ1) is 18.9. The molecule has 1 fully saturated rings. The summed E-state index contributed by atoms with van der Waals surface area (Å²) in [5.74, 6) is 0. The summed E-state index contributed by atoms with van der Waals surface area (Å²) in [6.45, 7) is 16.3. The fourth-order valence-electron chi connectivity index (χ4n) is 6.74. The van der Waals surface area contributed by atoms with Crippen molar-refractivity contribution in [2.24, 2.45) is 10.8 Å². The van der Waals surface area contributed by atoms with E-state index in [0.717, 1.165) is 20.0 Å². The third-order valence-corrected chi connectivity index (χ3v) is 9.36. The zero-order valence-electron chi connectivity index (χ0n) is 28.0. The fourth-order valence-corrected chi connectivity index (χ4v) is 6.74. The summed E-state index contributed by atoms with van der Waals surface area (Å²) < 4.78 is 0. The van der Waals surface area contributed by atoms with Crippen LogP contribution in [-0.4, -0.2) is 31.5 Å². The van der Waals surface area contributed by atoms with E-state index in [4.69, 9.17) is 0 Å². The van der Waals surface area contributed by atoms with Gasteiger partial charge in [-0.05, 0) is 49.4 Å². The number of nitrogens with one attached hydrogen (secondary N) is 2. The van der Waals surface area contributed by atoms with Gasteiger partial charge in [0.15, 0.2) is 0 Å². The summed E-state index contributed by atoms with van der Waals surface area (Å²) in [6, 6.07) is 0. The minimum absolute atomic E-state index is 0.487. The molecule has 0 bridgehead atoms. The van der Waals surface area contributed by atoms with Crippen molar-refractivity contribution >= 4 is 0 Å². The van der Waals surface area contributed by atoms with Crippen molar-refractivity contribution in [3.63, 3.8) is 0 Å².